The van der Waals surface area contributed by atoms with Gasteiger partial charge in [0.05, 0.1) is 12.4 Å². The van der Waals surface area contributed by atoms with E-state index in [1.807, 2.05) is 60.6 Å². The largest absolute Gasteiger partial charge is 0.353 e. The van der Waals surface area contributed by atoms with E-state index >= 15 is 0 Å². The lowest BCUT2D eigenvalue weighted by atomic mass is 9.90. The third-order valence-electron chi connectivity index (χ3n) is 8.85. The van der Waals surface area contributed by atoms with Crippen molar-refractivity contribution in [2.24, 2.45) is 7.05 Å². The predicted octanol–water partition coefficient (Wildman–Crippen LogP) is 3.95. The van der Waals surface area contributed by atoms with Crippen molar-refractivity contribution in [1.29, 1.82) is 5.26 Å². The molecule has 13 heteroatoms. The van der Waals surface area contributed by atoms with Crippen LogP contribution in [0, 0.1) is 11.3 Å². The number of carbonyl (C=O) groups is 2. The SMILES string of the molecule is CN1CCN(c2nc(NC3CCC(N(C(=O)NCc4ccccc4)c4ccc(-c5cnn(C)c5)cn4)CC3)ncc2C#N)CCC1=O. The van der Waals surface area contributed by atoms with Crippen molar-refractivity contribution in [3.8, 4) is 17.2 Å². The minimum atomic E-state index is -0.187. The van der Waals surface area contributed by atoms with Crippen LogP contribution in [0.5, 0.6) is 0 Å². The van der Waals surface area contributed by atoms with Crippen molar-refractivity contribution < 1.29 is 9.59 Å². The summed E-state index contributed by atoms with van der Waals surface area (Å²) < 4.78 is 1.75. The minimum absolute atomic E-state index is 0.0513. The van der Waals surface area contributed by atoms with E-state index in [1.165, 1.54) is 0 Å². The zero-order valence-corrected chi connectivity index (χ0v) is 26.7. The second-order valence-corrected chi connectivity index (χ2v) is 12.1. The normalized spacial score (nSPS) is 18.3. The van der Waals surface area contributed by atoms with E-state index < -0.39 is 0 Å². The number of amides is 3. The van der Waals surface area contributed by atoms with E-state index in [0.29, 0.717) is 55.7 Å². The van der Waals surface area contributed by atoms with Gasteiger partial charge >= 0.3 is 6.03 Å². The maximum absolute atomic E-state index is 13.7. The molecule has 1 aliphatic heterocycles. The number of nitrogens with zero attached hydrogens (tertiary/aromatic N) is 9. The number of benzene rings is 1. The Hall–Kier alpha value is -5.51. The minimum Gasteiger partial charge on any atom is -0.353 e. The molecule has 1 aromatic carbocycles. The van der Waals surface area contributed by atoms with Gasteiger partial charge in [0.1, 0.15) is 17.5 Å². The molecule has 1 saturated carbocycles. The first-order valence-corrected chi connectivity index (χ1v) is 16.0. The van der Waals surface area contributed by atoms with E-state index in [4.69, 9.17) is 9.97 Å². The topological polar surface area (TPSA) is 148 Å². The van der Waals surface area contributed by atoms with Crippen LogP contribution in [0.2, 0.25) is 0 Å². The molecule has 1 saturated heterocycles. The number of carbonyl (C=O) groups excluding carboxylic acids is 2. The van der Waals surface area contributed by atoms with Gasteiger partial charge in [-0.1, -0.05) is 30.3 Å². The number of pyridine rings is 1. The molecular weight excluding hydrogens is 594 g/mol. The average Bonchev–Trinajstić information content (AvgIpc) is 3.47. The Morgan fingerprint density at radius 3 is 2.49 bits per heavy atom. The molecule has 4 heterocycles. The summed E-state index contributed by atoms with van der Waals surface area (Å²) >= 11 is 0. The molecule has 242 valence electrons. The van der Waals surface area contributed by atoms with Gasteiger partial charge in [-0.05, 0) is 43.4 Å². The van der Waals surface area contributed by atoms with Crippen LogP contribution >= 0.6 is 0 Å². The fraction of sp³-hybridized carbons (Fsp3) is 0.382. The zero-order chi connectivity index (χ0) is 32.8. The second-order valence-electron chi connectivity index (χ2n) is 12.1. The summed E-state index contributed by atoms with van der Waals surface area (Å²) in [6.45, 7) is 2.08. The molecule has 0 unspecified atom stereocenters. The molecular formula is C34H39N11O2. The lowest BCUT2D eigenvalue weighted by Crippen LogP contribution is -2.49. The predicted molar refractivity (Wildman–Crippen MR) is 178 cm³/mol. The van der Waals surface area contributed by atoms with Crippen molar-refractivity contribution in [1.82, 2.24) is 34.9 Å². The number of nitriles is 1. The first-order chi connectivity index (χ1) is 22.9. The average molecular weight is 634 g/mol. The van der Waals surface area contributed by atoms with Crippen LogP contribution in [0.15, 0.2) is 67.3 Å². The van der Waals surface area contributed by atoms with Gasteiger partial charge in [0.2, 0.25) is 11.9 Å². The fourth-order valence-corrected chi connectivity index (χ4v) is 6.15. The number of hydrogen-bond donors (Lipinski definition) is 2. The Morgan fingerprint density at radius 2 is 1.79 bits per heavy atom. The van der Waals surface area contributed by atoms with E-state index in [2.05, 4.69) is 26.8 Å². The summed E-state index contributed by atoms with van der Waals surface area (Å²) in [5.41, 5.74) is 3.30. The highest BCUT2D eigenvalue weighted by Gasteiger charge is 2.31. The summed E-state index contributed by atoms with van der Waals surface area (Å²) in [6, 6.07) is 15.8. The maximum Gasteiger partial charge on any atom is 0.323 e. The van der Waals surface area contributed by atoms with Gasteiger partial charge in [-0.15, -0.1) is 0 Å². The summed E-state index contributed by atoms with van der Waals surface area (Å²) in [5, 5.41) is 20.6. The Balaban J connectivity index is 1.15. The van der Waals surface area contributed by atoms with E-state index in [9.17, 15) is 14.9 Å². The molecule has 2 N–H and O–H groups in total. The summed E-state index contributed by atoms with van der Waals surface area (Å²) in [7, 11) is 3.67. The lowest BCUT2D eigenvalue weighted by molar-refractivity contribution is -0.129. The summed E-state index contributed by atoms with van der Waals surface area (Å²) in [4.78, 5) is 45.3. The number of urea groups is 1. The molecule has 0 spiro atoms. The van der Waals surface area contributed by atoms with Crippen LogP contribution in [0.3, 0.4) is 0 Å². The highest BCUT2D eigenvalue weighted by atomic mass is 16.2. The van der Waals surface area contributed by atoms with Gasteiger partial charge in [-0.3, -0.25) is 14.4 Å². The molecule has 47 heavy (non-hydrogen) atoms. The molecule has 2 aliphatic rings. The summed E-state index contributed by atoms with van der Waals surface area (Å²) in [5.74, 6) is 1.68. The molecule has 2 fully saturated rings. The van der Waals surface area contributed by atoms with E-state index in [0.717, 1.165) is 42.4 Å². The highest BCUT2D eigenvalue weighted by Crippen LogP contribution is 2.30. The summed E-state index contributed by atoms with van der Waals surface area (Å²) in [6.07, 6.45) is 10.5. The van der Waals surface area contributed by atoms with Crippen LogP contribution in [0.4, 0.5) is 22.4 Å². The number of rotatable bonds is 8. The Kier molecular flexibility index (Phi) is 9.56. The van der Waals surface area contributed by atoms with Crippen molar-refractivity contribution in [2.45, 2.75) is 50.7 Å². The Labute approximate surface area is 274 Å². The van der Waals surface area contributed by atoms with Gasteiger partial charge in [0, 0.05) is 82.3 Å². The monoisotopic (exact) mass is 633 g/mol. The number of hydrogen-bond acceptors (Lipinski definition) is 9. The number of nitrogens with one attached hydrogen (secondary N) is 2. The molecule has 1 aliphatic carbocycles. The third kappa shape index (κ3) is 7.49. The number of aromatic nitrogens is 5. The molecule has 6 rings (SSSR count). The van der Waals surface area contributed by atoms with Crippen LogP contribution in [-0.4, -0.2) is 80.3 Å². The molecule has 0 bridgehead atoms. The van der Waals surface area contributed by atoms with Gasteiger partial charge in [0.25, 0.3) is 0 Å². The smallest absolute Gasteiger partial charge is 0.323 e. The first kappa shape index (κ1) is 31.5. The zero-order valence-electron chi connectivity index (χ0n) is 26.7. The van der Waals surface area contributed by atoms with Gasteiger partial charge in [-0.2, -0.15) is 15.3 Å². The number of likely N-dealkylation sites (N-methyl/N-ethyl adjacent to an activating group) is 1. The number of anilines is 3. The van der Waals surface area contributed by atoms with Crippen LogP contribution in [0.25, 0.3) is 11.1 Å². The standard InChI is InChI=1S/C34H39N11O2/c1-42-16-17-44(15-14-31(42)46)32-26(18-35)21-37-33(41-32)40-28-9-11-29(12-10-28)45(34(47)38-19-24-6-4-3-5-7-24)30-13-8-25(20-36-30)27-22-39-43(2)23-27/h3-8,13,20-23,28-29H,9-12,14-17,19H2,1-2H3,(H,38,47)(H,37,40,41). The van der Waals surface area contributed by atoms with E-state index in [-0.39, 0.29) is 24.0 Å². The number of aryl methyl sites for hydroxylation is 1. The molecule has 3 amide bonds. The van der Waals surface area contributed by atoms with Crippen LogP contribution in [-0.2, 0) is 18.4 Å². The van der Waals surface area contributed by atoms with Crippen molar-refractivity contribution in [3.05, 3.63) is 78.4 Å². The molecule has 13 nitrogen and oxygen atoms in total. The molecule has 4 aromatic rings. The van der Waals surface area contributed by atoms with Gasteiger partial charge < -0.3 is 20.4 Å². The lowest BCUT2D eigenvalue weighted by Gasteiger charge is -2.36. The fourth-order valence-electron chi connectivity index (χ4n) is 6.15. The molecule has 0 radical (unpaired) electrons. The molecule has 3 aromatic heterocycles. The first-order valence-electron chi connectivity index (χ1n) is 16.0. The maximum atomic E-state index is 13.7. The molecule has 0 atom stereocenters. The third-order valence-corrected chi connectivity index (χ3v) is 8.85. The van der Waals surface area contributed by atoms with Crippen molar-refractivity contribution in [2.75, 3.05) is 41.8 Å². The second kappa shape index (κ2) is 14.3. The quantitative estimate of drug-likeness (QED) is 0.294. The van der Waals surface area contributed by atoms with Gasteiger partial charge in [0.15, 0.2) is 5.82 Å². The van der Waals surface area contributed by atoms with Crippen LogP contribution in [0.1, 0.15) is 43.2 Å². The Bertz CT molecular complexity index is 1730. The van der Waals surface area contributed by atoms with Crippen molar-refractivity contribution in [3.63, 3.8) is 0 Å². The Morgan fingerprint density at radius 1 is 0.979 bits per heavy atom. The van der Waals surface area contributed by atoms with Gasteiger partial charge in [-0.25, -0.2) is 14.8 Å². The van der Waals surface area contributed by atoms with Crippen molar-refractivity contribution >= 4 is 29.5 Å². The highest BCUT2D eigenvalue weighted by molar-refractivity contribution is 5.91. The van der Waals surface area contributed by atoms with E-state index in [1.54, 1.807) is 40.1 Å². The van der Waals surface area contributed by atoms with Crippen LogP contribution < -0.4 is 20.4 Å².